The molecule has 0 atom stereocenters. The first kappa shape index (κ1) is 14.9. The third-order valence-corrected chi connectivity index (χ3v) is 5.23. The standard InChI is InChI=1S/C16H20N4O2S/c21-16(20-4-6-22-7-5-20)15-13-1-3-19(10-14(13)17-18-15)9-12-2-8-23-11-12/h2,8,11H,1,3-7,9-10H2,(H,17,18). The second-order valence-corrected chi connectivity index (χ2v) is 6.81. The second-order valence-electron chi connectivity index (χ2n) is 6.03. The normalized spacial score (nSPS) is 18.9. The molecule has 0 spiro atoms. The van der Waals surface area contributed by atoms with Crippen LogP contribution in [0.5, 0.6) is 0 Å². The van der Waals surface area contributed by atoms with E-state index in [0.717, 1.165) is 37.3 Å². The molecule has 2 aromatic heterocycles. The molecule has 1 amide bonds. The number of hydrogen-bond acceptors (Lipinski definition) is 5. The zero-order valence-corrected chi connectivity index (χ0v) is 13.8. The van der Waals surface area contributed by atoms with Gasteiger partial charge in [0, 0.05) is 38.3 Å². The van der Waals surface area contributed by atoms with Crippen LogP contribution >= 0.6 is 11.3 Å². The second kappa shape index (κ2) is 6.43. The molecule has 2 aliphatic rings. The summed E-state index contributed by atoms with van der Waals surface area (Å²) in [5, 5.41) is 11.7. The zero-order valence-electron chi connectivity index (χ0n) is 13.0. The molecule has 1 fully saturated rings. The molecule has 1 N–H and O–H groups in total. The van der Waals surface area contributed by atoms with Gasteiger partial charge in [0.1, 0.15) is 0 Å². The molecule has 6 nitrogen and oxygen atoms in total. The van der Waals surface area contributed by atoms with E-state index in [2.05, 4.69) is 31.9 Å². The molecule has 0 aromatic carbocycles. The first-order valence-electron chi connectivity index (χ1n) is 7.98. The predicted octanol–water partition coefficient (Wildman–Crippen LogP) is 1.50. The number of ether oxygens (including phenoxy) is 1. The Labute approximate surface area is 139 Å². The summed E-state index contributed by atoms with van der Waals surface area (Å²) in [6, 6.07) is 2.17. The number of aromatic nitrogens is 2. The number of nitrogens with zero attached hydrogens (tertiary/aromatic N) is 3. The Morgan fingerprint density at radius 1 is 1.35 bits per heavy atom. The van der Waals surface area contributed by atoms with Crippen molar-refractivity contribution in [1.29, 1.82) is 0 Å². The van der Waals surface area contributed by atoms with Crippen molar-refractivity contribution in [1.82, 2.24) is 20.0 Å². The van der Waals surface area contributed by atoms with Gasteiger partial charge in [-0.1, -0.05) is 0 Å². The molecule has 0 bridgehead atoms. The maximum absolute atomic E-state index is 12.6. The minimum absolute atomic E-state index is 0.0390. The highest BCUT2D eigenvalue weighted by molar-refractivity contribution is 7.07. The summed E-state index contributed by atoms with van der Waals surface area (Å²) in [7, 11) is 0. The Kier molecular flexibility index (Phi) is 4.15. The average Bonchev–Trinajstić information content (AvgIpc) is 3.24. The number of aromatic amines is 1. The highest BCUT2D eigenvalue weighted by atomic mass is 32.1. The fraction of sp³-hybridized carbons (Fsp3) is 0.500. The minimum atomic E-state index is 0.0390. The topological polar surface area (TPSA) is 61.5 Å². The SMILES string of the molecule is O=C(c1n[nH]c2c1CCN(Cc1ccsc1)C2)N1CCOCC1. The summed E-state index contributed by atoms with van der Waals surface area (Å²) in [4.78, 5) is 16.9. The third kappa shape index (κ3) is 3.04. The molecular formula is C16H20N4O2S. The number of nitrogens with one attached hydrogen (secondary N) is 1. The quantitative estimate of drug-likeness (QED) is 0.925. The monoisotopic (exact) mass is 332 g/mol. The third-order valence-electron chi connectivity index (χ3n) is 4.50. The smallest absolute Gasteiger partial charge is 0.274 e. The van der Waals surface area contributed by atoms with E-state index >= 15 is 0 Å². The molecule has 0 radical (unpaired) electrons. The molecule has 1 saturated heterocycles. The van der Waals surface area contributed by atoms with Crippen LogP contribution < -0.4 is 0 Å². The molecule has 2 aliphatic heterocycles. The largest absolute Gasteiger partial charge is 0.378 e. The van der Waals surface area contributed by atoms with Gasteiger partial charge in [0.25, 0.3) is 5.91 Å². The maximum Gasteiger partial charge on any atom is 0.274 e. The number of rotatable bonds is 3. The summed E-state index contributed by atoms with van der Waals surface area (Å²) in [6.07, 6.45) is 0.876. The van der Waals surface area contributed by atoms with Gasteiger partial charge >= 0.3 is 0 Å². The van der Waals surface area contributed by atoms with Gasteiger partial charge in [-0.2, -0.15) is 16.4 Å². The summed E-state index contributed by atoms with van der Waals surface area (Å²) in [6.45, 7) is 5.30. The van der Waals surface area contributed by atoms with Crippen molar-refractivity contribution in [3.05, 3.63) is 39.3 Å². The fourth-order valence-electron chi connectivity index (χ4n) is 3.24. The van der Waals surface area contributed by atoms with Gasteiger partial charge in [0.2, 0.25) is 0 Å². The molecule has 23 heavy (non-hydrogen) atoms. The molecule has 122 valence electrons. The number of morpholine rings is 1. The number of carbonyl (C=O) groups excluding carboxylic acids is 1. The van der Waals surface area contributed by atoms with Crippen molar-refractivity contribution in [3.63, 3.8) is 0 Å². The number of amides is 1. The number of H-pyrrole nitrogens is 1. The molecule has 4 rings (SSSR count). The van der Waals surface area contributed by atoms with E-state index in [1.807, 2.05) is 4.90 Å². The minimum Gasteiger partial charge on any atom is -0.378 e. The van der Waals surface area contributed by atoms with E-state index in [9.17, 15) is 4.79 Å². The van der Waals surface area contributed by atoms with Gasteiger partial charge in [-0.05, 0) is 28.8 Å². The van der Waals surface area contributed by atoms with Crippen molar-refractivity contribution in [2.75, 3.05) is 32.8 Å². The van der Waals surface area contributed by atoms with E-state index in [1.54, 1.807) is 11.3 Å². The molecule has 2 aromatic rings. The van der Waals surface area contributed by atoms with Gasteiger partial charge < -0.3 is 9.64 Å². The molecule has 7 heteroatoms. The Morgan fingerprint density at radius 3 is 3.00 bits per heavy atom. The lowest BCUT2D eigenvalue weighted by atomic mass is 10.0. The number of fused-ring (bicyclic) bond motifs is 1. The molecule has 0 unspecified atom stereocenters. The Morgan fingerprint density at radius 2 is 2.22 bits per heavy atom. The predicted molar refractivity (Wildman–Crippen MR) is 87.4 cm³/mol. The van der Waals surface area contributed by atoms with Gasteiger partial charge in [0.05, 0.1) is 18.9 Å². The zero-order chi connectivity index (χ0) is 15.6. The molecule has 4 heterocycles. The molecule has 0 saturated carbocycles. The van der Waals surface area contributed by atoms with Crippen LogP contribution in [0.2, 0.25) is 0 Å². The maximum atomic E-state index is 12.6. The van der Waals surface area contributed by atoms with Crippen LogP contribution in [-0.2, 0) is 24.2 Å². The van der Waals surface area contributed by atoms with Crippen LogP contribution in [0, 0.1) is 0 Å². The molecule has 0 aliphatic carbocycles. The Hall–Kier alpha value is -1.70. The van der Waals surface area contributed by atoms with Gasteiger partial charge in [-0.3, -0.25) is 14.8 Å². The van der Waals surface area contributed by atoms with Crippen molar-refractivity contribution in [2.24, 2.45) is 0 Å². The highest BCUT2D eigenvalue weighted by Crippen LogP contribution is 2.23. The Balaban J connectivity index is 1.47. The number of thiophene rings is 1. The summed E-state index contributed by atoms with van der Waals surface area (Å²) in [5.74, 6) is 0.0390. The van der Waals surface area contributed by atoms with E-state index in [1.165, 1.54) is 5.56 Å². The van der Waals surface area contributed by atoms with Crippen molar-refractivity contribution in [3.8, 4) is 0 Å². The van der Waals surface area contributed by atoms with Crippen molar-refractivity contribution >= 4 is 17.2 Å². The van der Waals surface area contributed by atoms with Gasteiger partial charge in [0.15, 0.2) is 5.69 Å². The van der Waals surface area contributed by atoms with Crippen LogP contribution in [0.15, 0.2) is 16.8 Å². The summed E-state index contributed by atoms with van der Waals surface area (Å²) in [5.41, 5.74) is 4.14. The van der Waals surface area contributed by atoms with Gasteiger partial charge in [-0.15, -0.1) is 0 Å². The number of hydrogen-bond donors (Lipinski definition) is 1. The summed E-state index contributed by atoms with van der Waals surface area (Å²) >= 11 is 1.73. The van der Waals surface area contributed by atoms with Crippen LogP contribution in [0.25, 0.3) is 0 Å². The van der Waals surface area contributed by atoms with E-state index in [0.29, 0.717) is 32.0 Å². The lowest BCUT2D eigenvalue weighted by Gasteiger charge is -2.28. The van der Waals surface area contributed by atoms with E-state index in [-0.39, 0.29) is 5.91 Å². The highest BCUT2D eigenvalue weighted by Gasteiger charge is 2.28. The van der Waals surface area contributed by atoms with Crippen LogP contribution in [-0.4, -0.2) is 58.8 Å². The Bertz CT molecular complexity index is 676. The lowest BCUT2D eigenvalue weighted by Crippen LogP contribution is -2.41. The molecular weight excluding hydrogens is 312 g/mol. The summed E-state index contributed by atoms with van der Waals surface area (Å²) < 4.78 is 5.32. The van der Waals surface area contributed by atoms with Crippen molar-refractivity contribution < 1.29 is 9.53 Å². The average molecular weight is 332 g/mol. The van der Waals surface area contributed by atoms with Crippen molar-refractivity contribution in [2.45, 2.75) is 19.5 Å². The fourth-order valence-corrected chi connectivity index (χ4v) is 3.90. The van der Waals surface area contributed by atoms with E-state index < -0.39 is 0 Å². The first-order valence-corrected chi connectivity index (χ1v) is 8.92. The van der Waals surface area contributed by atoms with Crippen LogP contribution in [0.3, 0.4) is 0 Å². The first-order chi connectivity index (χ1) is 11.3. The number of carbonyl (C=O) groups is 1. The van der Waals surface area contributed by atoms with E-state index in [4.69, 9.17) is 4.74 Å². The van der Waals surface area contributed by atoms with Crippen LogP contribution in [0.1, 0.15) is 27.3 Å². The van der Waals surface area contributed by atoms with Crippen LogP contribution in [0.4, 0.5) is 0 Å². The lowest BCUT2D eigenvalue weighted by molar-refractivity contribution is 0.0298. The van der Waals surface area contributed by atoms with Gasteiger partial charge in [-0.25, -0.2) is 0 Å².